The van der Waals surface area contributed by atoms with Crippen molar-refractivity contribution in [2.24, 2.45) is 5.73 Å². The maximum atomic E-state index is 10.6. The Hall–Kier alpha value is -0.820. The first-order chi connectivity index (χ1) is 7.04. The highest BCUT2D eigenvalue weighted by Gasteiger charge is 2.38. The Morgan fingerprint density at radius 2 is 1.69 bits per heavy atom. The molecule has 0 spiro atoms. The number of hydrogen-bond donors (Lipinski definition) is 3. The van der Waals surface area contributed by atoms with E-state index in [2.05, 4.69) is 0 Å². The van der Waals surface area contributed by atoms with Crippen LogP contribution in [0.4, 0.5) is 13.2 Å². The van der Waals surface area contributed by atoms with Crippen LogP contribution in [0.2, 0.25) is 0 Å². The summed E-state index contributed by atoms with van der Waals surface area (Å²) >= 11 is 0. The van der Waals surface area contributed by atoms with Crippen molar-refractivity contribution in [2.75, 3.05) is 0 Å². The van der Waals surface area contributed by atoms with Crippen LogP contribution in [0.25, 0.3) is 0 Å². The number of alkyl halides is 3. The number of carboxylic acid groups (broad SMARTS) is 1. The monoisotopic (exact) mass is 243 g/mol. The molecule has 0 aliphatic heterocycles. The Bertz CT molecular complexity index is 231. The minimum absolute atomic E-state index is 0.338. The van der Waals surface area contributed by atoms with Gasteiger partial charge in [0.15, 0.2) is 0 Å². The number of rotatable bonds is 0. The summed E-state index contributed by atoms with van der Waals surface area (Å²) in [7, 11) is 0. The van der Waals surface area contributed by atoms with Gasteiger partial charge in [-0.3, -0.25) is 0 Å². The van der Waals surface area contributed by atoms with Crippen molar-refractivity contribution in [3.05, 3.63) is 0 Å². The molecule has 0 saturated heterocycles. The van der Waals surface area contributed by atoms with E-state index in [0.29, 0.717) is 6.04 Å². The molecule has 16 heavy (non-hydrogen) atoms. The molecule has 0 aromatic rings. The number of nitrogens with two attached hydrogens (primary N) is 1. The molecule has 1 rings (SSSR count). The molecule has 1 saturated carbocycles. The lowest BCUT2D eigenvalue weighted by atomic mass is 9.84. The largest absolute Gasteiger partial charge is 0.490 e. The van der Waals surface area contributed by atoms with Gasteiger partial charge >= 0.3 is 12.1 Å². The second-order valence-electron chi connectivity index (χ2n) is 4.14. The van der Waals surface area contributed by atoms with Crippen molar-refractivity contribution in [1.82, 2.24) is 0 Å². The van der Waals surface area contributed by atoms with Crippen LogP contribution < -0.4 is 5.73 Å². The molecular formula is C9H16F3NO3. The lowest BCUT2D eigenvalue weighted by molar-refractivity contribution is -0.192. The topological polar surface area (TPSA) is 83.5 Å². The minimum Gasteiger partial charge on any atom is -0.475 e. The predicted molar refractivity (Wildman–Crippen MR) is 50.8 cm³/mol. The van der Waals surface area contributed by atoms with Crippen LogP contribution in [0.15, 0.2) is 0 Å². The molecule has 0 aromatic heterocycles. The van der Waals surface area contributed by atoms with E-state index in [9.17, 15) is 18.3 Å². The van der Waals surface area contributed by atoms with Crippen LogP contribution in [-0.2, 0) is 4.79 Å². The van der Waals surface area contributed by atoms with E-state index in [4.69, 9.17) is 15.6 Å². The van der Waals surface area contributed by atoms with Crippen LogP contribution in [0.1, 0.15) is 32.6 Å². The second kappa shape index (κ2) is 5.49. The summed E-state index contributed by atoms with van der Waals surface area (Å²) in [5.74, 6) is -2.76. The van der Waals surface area contributed by atoms with Crippen LogP contribution in [0, 0.1) is 0 Å². The van der Waals surface area contributed by atoms with Gasteiger partial charge in [0.05, 0.1) is 5.60 Å². The summed E-state index contributed by atoms with van der Waals surface area (Å²) < 4.78 is 31.7. The molecule has 0 atom stereocenters. The number of aliphatic hydroxyl groups is 1. The Morgan fingerprint density at radius 1 is 1.38 bits per heavy atom. The first-order valence-electron chi connectivity index (χ1n) is 4.83. The highest BCUT2D eigenvalue weighted by atomic mass is 19.4. The molecule has 96 valence electrons. The molecule has 0 amide bonds. The van der Waals surface area contributed by atoms with Crippen molar-refractivity contribution in [3.8, 4) is 0 Å². The molecule has 7 heteroatoms. The Kier molecular flexibility index (Phi) is 5.21. The van der Waals surface area contributed by atoms with E-state index < -0.39 is 17.7 Å². The van der Waals surface area contributed by atoms with Crippen molar-refractivity contribution in [2.45, 2.75) is 50.4 Å². The van der Waals surface area contributed by atoms with Crippen molar-refractivity contribution >= 4 is 5.97 Å². The third-order valence-corrected chi connectivity index (χ3v) is 2.35. The Morgan fingerprint density at radius 3 is 1.88 bits per heavy atom. The SMILES string of the molecule is C[C@]1(O)CC[C@H](N)CC1.O=C(O)C(F)(F)F. The number of carbonyl (C=O) groups is 1. The summed E-state index contributed by atoms with van der Waals surface area (Å²) in [6.07, 6.45) is -1.39. The van der Waals surface area contributed by atoms with Crippen LogP contribution in [-0.4, -0.2) is 34.0 Å². The summed E-state index contributed by atoms with van der Waals surface area (Å²) in [4.78, 5) is 8.90. The van der Waals surface area contributed by atoms with Crippen molar-refractivity contribution < 1.29 is 28.2 Å². The van der Waals surface area contributed by atoms with Gasteiger partial charge in [-0.05, 0) is 32.6 Å². The molecule has 0 unspecified atom stereocenters. The summed E-state index contributed by atoms with van der Waals surface area (Å²) in [5.41, 5.74) is 5.22. The molecule has 0 bridgehead atoms. The van der Waals surface area contributed by atoms with E-state index in [1.807, 2.05) is 6.92 Å². The number of aliphatic carboxylic acids is 1. The van der Waals surface area contributed by atoms with Crippen LogP contribution in [0.3, 0.4) is 0 Å². The van der Waals surface area contributed by atoms with Crippen LogP contribution in [0.5, 0.6) is 0 Å². The lowest BCUT2D eigenvalue weighted by Gasteiger charge is -2.30. The molecule has 0 radical (unpaired) electrons. The van der Waals surface area contributed by atoms with Gasteiger partial charge in [-0.25, -0.2) is 4.79 Å². The van der Waals surface area contributed by atoms with Gasteiger partial charge in [-0.1, -0.05) is 0 Å². The van der Waals surface area contributed by atoms with Gasteiger partial charge in [0.1, 0.15) is 0 Å². The molecule has 4 nitrogen and oxygen atoms in total. The van der Waals surface area contributed by atoms with Crippen LogP contribution >= 0.6 is 0 Å². The second-order valence-corrected chi connectivity index (χ2v) is 4.14. The van der Waals surface area contributed by atoms with Gasteiger partial charge < -0.3 is 15.9 Å². The third-order valence-electron chi connectivity index (χ3n) is 2.35. The summed E-state index contributed by atoms with van der Waals surface area (Å²) in [6, 6.07) is 0.338. The molecule has 1 fully saturated rings. The highest BCUT2D eigenvalue weighted by molar-refractivity contribution is 5.73. The number of carboxylic acids is 1. The first-order valence-corrected chi connectivity index (χ1v) is 4.83. The standard InChI is InChI=1S/C7H15NO.C2HF3O2/c1-7(9)4-2-6(8)3-5-7;3-2(4,5)1(6)7/h6,9H,2-5,8H2,1H3;(H,6,7)/t6-,7-;. The number of hydrogen-bond acceptors (Lipinski definition) is 3. The maximum absolute atomic E-state index is 10.6. The first kappa shape index (κ1) is 15.2. The van der Waals surface area contributed by atoms with Gasteiger partial charge in [0.2, 0.25) is 0 Å². The van der Waals surface area contributed by atoms with E-state index in [1.165, 1.54) is 0 Å². The van der Waals surface area contributed by atoms with Crippen molar-refractivity contribution in [1.29, 1.82) is 0 Å². The van der Waals surface area contributed by atoms with Crippen molar-refractivity contribution in [3.63, 3.8) is 0 Å². The Labute approximate surface area is 91.2 Å². The zero-order valence-electron chi connectivity index (χ0n) is 8.92. The normalized spacial score (nSPS) is 30.2. The van der Waals surface area contributed by atoms with E-state index in [0.717, 1.165) is 25.7 Å². The summed E-state index contributed by atoms with van der Waals surface area (Å²) in [6.45, 7) is 1.89. The molecule has 0 aromatic carbocycles. The predicted octanol–water partition coefficient (Wildman–Crippen LogP) is 1.27. The molecular weight excluding hydrogens is 227 g/mol. The average Bonchev–Trinajstić information content (AvgIpc) is 2.10. The van der Waals surface area contributed by atoms with Gasteiger partial charge in [0.25, 0.3) is 0 Å². The Balaban J connectivity index is 0.000000293. The fourth-order valence-electron chi connectivity index (χ4n) is 1.26. The molecule has 0 heterocycles. The van der Waals surface area contributed by atoms with E-state index >= 15 is 0 Å². The smallest absolute Gasteiger partial charge is 0.475 e. The van der Waals surface area contributed by atoms with Gasteiger partial charge in [-0.2, -0.15) is 13.2 Å². The zero-order valence-corrected chi connectivity index (χ0v) is 8.92. The highest BCUT2D eigenvalue weighted by Crippen LogP contribution is 2.26. The fraction of sp³-hybridized carbons (Fsp3) is 0.889. The van der Waals surface area contributed by atoms with Gasteiger partial charge in [0, 0.05) is 6.04 Å². The molecule has 1 aliphatic rings. The zero-order chi connectivity index (χ0) is 13.0. The number of halogens is 3. The maximum Gasteiger partial charge on any atom is 0.490 e. The minimum atomic E-state index is -5.08. The lowest BCUT2D eigenvalue weighted by Crippen LogP contribution is -2.36. The quantitative estimate of drug-likeness (QED) is 0.598. The third kappa shape index (κ3) is 6.62. The van der Waals surface area contributed by atoms with E-state index in [-0.39, 0.29) is 0 Å². The van der Waals surface area contributed by atoms with E-state index in [1.54, 1.807) is 0 Å². The fourth-order valence-corrected chi connectivity index (χ4v) is 1.26. The molecule has 1 aliphatic carbocycles. The summed E-state index contributed by atoms with van der Waals surface area (Å²) in [5, 5.41) is 16.6. The molecule has 4 N–H and O–H groups in total. The van der Waals surface area contributed by atoms with Gasteiger partial charge in [-0.15, -0.1) is 0 Å². The average molecular weight is 243 g/mol.